The highest BCUT2D eigenvalue weighted by molar-refractivity contribution is 5.92. The Kier molecular flexibility index (Phi) is 5.99. The lowest BCUT2D eigenvalue weighted by atomic mass is 10.1. The summed E-state index contributed by atoms with van der Waals surface area (Å²) >= 11 is 0. The molecule has 1 fully saturated rings. The molecule has 0 radical (unpaired) electrons. The van der Waals surface area contributed by atoms with Crippen molar-refractivity contribution in [2.45, 2.75) is 25.8 Å². The van der Waals surface area contributed by atoms with Gasteiger partial charge in [-0.1, -0.05) is 6.07 Å². The monoisotopic (exact) mass is 405 g/mol. The summed E-state index contributed by atoms with van der Waals surface area (Å²) in [6, 6.07) is 15.6. The molecular formula is C23H24FN5O. The van der Waals surface area contributed by atoms with Crippen LogP contribution in [0.2, 0.25) is 0 Å². The number of benzene rings is 1. The Morgan fingerprint density at radius 2 is 2.00 bits per heavy atom. The number of likely N-dealkylation sites (tertiary alicyclic amines) is 1. The van der Waals surface area contributed by atoms with Crippen molar-refractivity contribution in [3.63, 3.8) is 0 Å². The molecule has 2 aromatic heterocycles. The van der Waals surface area contributed by atoms with E-state index in [9.17, 15) is 9.18 Å². The second-order valence-electron chi connectivity index (χ2n) is 7.45. The Balaban J connectivity index is 1.46. The SMILES string of the molecule is Cc1cc(Nc2ccccn2)cc(C2CCCN2CC(=O)Nc2ccc(F)cc2)n1. The van der Waals surface area contributed by atoms with Gasteiger partial charge in [-0.15, -0.1) is 0 Å². The van der Waals surface area contributed by atoms with Gasteiger partial charge in [0.05, 0.1) is 18.3 Å². The van der Waals surface area contributed by atoms with E-state index in [0.29, 0.717) is 5.69 Å². The third kappa shape index (κ3) is 4.99. The van der Waals surface area contributed by atoms with E-state index in [1.165, 1.54) is 12.1 Å². The van der Waals surface area contributed by atoms with Crippen LogP contribution in [0.5, 0.6) is 0 Å². The molecule has 6 nitrogen and oxygen atoms in total. The predicted octanol–water partition coefficient (Wildman–Crippen LogP) is 4.44. The quantitative estimate of drug-likeness (QED) is 0.634. The number of amides is 1. The molecule has 0 saturated carbocycles. The molecule has 2 N–H and O–H groups in total. The number of aryl methyl sites for hydroxylation is 1. The summed E-state index contributed by atoms with van der Waals surface area (Å²) in [5.74, 6) is 0.331. The molecule has 1 saturated heterocycles. The van der Waals surface area contributed by atoms with Crippen LogP contribution in [0.15, 0.2) is 60.8 Å². The number of aromatic nitrogens is 2. The third-order valence-electron chi connectivity index (χ3n) is 5.09. The highest BCUT2D eigenvalue weighted by Gasteiger charge is 2.29. The summed E-state index contributed by atoms with van der Waals surface area (Å²) in [5, 5.41) is 6.16. The first-order chi connectivity index (χ1) is 14.6. The van der Waals surface area contributed by atoms with Crippen LogP contribution in [-0.2, 0) is 4.79 Å². The zero-order valence-corrected chi connectivity index (χ0v) is 16.8. The minimum Gasteiger partial charge on any atom is -0.340 e. The van der Waals surface area contributed by atoms with Gasteiger partial charge in [0.1, 0.15) is 11.6 Å². The first-order valence-electron chi connectivity index (χ1n) is 10.0. The van der Waals surface area contributed by atoms with E-state index in [4.69, 9.17) is 4.98 Å². The van der Waals surface area contributed by atoms with E-state index in [2.05, 4.69) is 20.5 Å². The average Bonchev–Trinajstić information content (AvgIpc) is 3.18. The Bertz CT molecular complexity index is 1010. The number of nitrogens with zero attached hydrogens (tertiary/aromatic N) is 3. The highest BCUT2D eigenvalue weighted by atomic mass is 19.1. The number of pyridine rings is 2. The number of hydrogen-bond donors (Lipinski definition) is 2. The number of hydrogen-bond acceptors (Lipinski definition) is 5. The summed E-state index contributed by atoms with van der Waals surface area (Å²) in [6.45, 7) is 3.06. The first kappa shape index (κ1) is 20.0. The topological polar surface area (TPSA) is 70.2 Å². The summed E-state index contributed by atoms with van der Waals surface area (Å²) in [7, 11) is 0. The van der Waals surface area contributed by atoms with Gasteiger partial charge in [-0.2, -0.15) is 0 Å². The van der Waals surface area contributed by atoms with Crippen LogP contribution in [0.3, 0.4) is 0 Å². The average molecular weight is 405 g/mol. The number of nitrogens with one attached hydrogen (secondary N) is 2. The molecule has 7 heteroatoms. The molecule has 154 valence electrons. The molecule has 1 atom stereocenters. The summed E-state index contributed by atoms with van der Waals surface area (Å²) in [5.41, 5.74) is 3.38. The van der Waals surface area contributed by atoms with E-state index < -0.39 is 0 Å². The van der Waals surface area contributed by atoms with Crippen molar-refractivity contribution < 1.29 is 9.18 Å². The Morgan fingerprint density at radius 1 is 1.17 bits per heavy atom. The molecule has 0 spiro atoms. The molecule has 0 aliphatic carbocycles. The zero-order chi connectivity index (χ0) is 20.9. The lowest BCUT2D eigenvalue weighted by molar-refractivity contribution is -0.117. The molecule has 30 heavy (non-hydrogen) atoms. The van der Waals surface area contributed by atoms with Gasteiger partial charge in [0, 0.05) is 23.3 Å². The molecule has 1 aromatic carbocycles. The largest absolute Gasteiger partial charge is 0.340 e. The fourth-order valence-corrected chi connectivity index (χ4v) is 3.79. The van der Waals surface area contributed by atoms with Crippen LogP contribution < -0.4 is 10.6 Å². The van der Waals surface area contributed by atoms with Crippen molar-refractivity contribution in [3.8, 4) is 0 Å². The third-order valence-corrected chi connectivity index (χ3v) is 5.09. The van der Waals surface area contributed by atoms with Gasteiger partial charge in [-0.25, -0.2) is 9.37 Å². The molecule has 3 aromatic rings. The van der Waals surface area contributed by atoms with Gasteiger partial charge in [-0.3, -0.25) is 14.7 Å². The lowest BCUT2D eigenvalue weighted by Crippen LogP contribution is -2.33. The van der Waals surface area contributed by atoms with Crippen molar-refractivity contribution >= 4 is 23.1 Å². The molecule has 3 heterocycles. The zero-order valence-electron chi connectivity index (χ0n) is 16.8. The number of halogens is 1. The van der Waals surface area contributed by atoms with Crippen LogP contribution >= 0.6 is 0 Å². The summed E-state index contributed by atoms with van der Waals surface area (Å²) < 4.78 is 13.1. The standard InChI is InChI=1S/C23H24FN5O/c1-16-13-19(27-22-6-2-3-11-25-22)14-20(26-16)21-5-4-12-29(21)15-23(30)28-18-9-7-17(24)8-10-18/h2-3,6-11,13-14,21H,4-5,12,15H2,1H3,(H,28,30)(H,25,26,27). The second-order valence-corrected chi connectivity index (χ2v) is 7.45. The maximum atomic E-state index is 13.1. The smallest absolute Gasteiger partial charge is 0.238 e. The van der Waals surface area contributed by atoms with Gasteiger partial charge in [0.25, 0.3) is 0 Å². The fraction of sp³-hybridized carbons (Fsp3) is 0.261. The van der Waals surface area contributed by atoms with Crippen LogP contribution in [0.1, 0.15) is 30.3 Å². The fourth-order valence-electron chi connectivity index (χ4n) is 3.79. The molecule has 1 aliphatic rings. The Hall–Kier alpha value is -3.32. The van der Waals surface area contributed by atoms with Gasteiger partial charge >= 0.3 is 0 Å². The van der Waals surface area contributed by atoms with Crippen molar-refractivity contribution in [3.05, 3.63) is 78.0 Å². The van der Waals surface area contributed by atoms with Crippen LogP contribution in [-0.4, -0.2) is 33.9 Å². The first-order valence-corrected chi connectivity index (χ1v) is 10.0. The number of anilines is 3. The highest BCUT2D eigenvalue weighted by Crippen LogP contribution is 2.32. The number of rotatable bonds is 6. The van der Waals surface area contributed by atoms with Crippen LogP contribution in [0.4, 0.5) is 21.6 Å². The Labute approximate surface area is 175 Å². The van der Waals surface area contributed by atoms with Crippen LogP contribution in [0.25, 0.3) is 0 Å². The normalized spacial score (nSPS) is 16.4. The van der Waals surface area contributed by atoms with Gasteiger partial charge < -0.3 is 10.6 Å². The predicted molar refractivity (Wildman–Crippen MR) is 115 cm³/mol. The molecule has 0 bridgehead atoms. The van der Waals surface area contributed by atoms with E-state index in [-0.39, 0.29) is 24.3 Å². The van der Waals surface area contributed by atoms with E-state index >= 15 is 0 Å². The molecular weight excluding hydrogens is 381 g/mol. The van der Waals surface area contributed by atoms with Crippen molar-refractivity contribution in [2.75, 3.05) is 23.7 Å². The van der Waals surface area contributed by atoms with Crippen molar-refractivity contribution in [1.82, 2.24) is 14.9 Å². The molecule has 1 amide bonds. The maximum Gasteiger partial charge on any atom is 0.238 e. The Morgan fingerprint density at radius 3 is 2.77 bits per heavy atom. The summed E-state index contributed by atoms with van der Waals surface area (Å²) in [4.78, 5) is 23.7. The lowest BCUT2D eigenvalue weighted by Gasteiger charge is -2.24. The molecule has 4 rings (SSSR count). The van der Waals surface area contributed by atoms with Gasteiger partial charge in [0.2, 0.25) is 5.91 Å². The van der Waals surface area contributed by atoms with E-state index in [1.807, 2.05) is 37.3 Å². The second kappa shape index (κ2) is 9.00. The van der Waals surface area contributed by atoms with E-state index in [0.717, 1.165) is 42.3 Å². The molecule has 1 aliphatic heterocycles. The minimum absolute atomic E-state index is 0.0770. The van der Waals surface area contributed by atoms with Crippen molar-refractivity contribution in [1.29, 1.82) is 0 Å². The van der Waals surface area contributed by atoms with Crippen molar-refractivity contribution in [2.24, 2.45) is 0 Å². The molecule has 1 unspecified atom stereocenters. The van der Waals surface area contributed by atoms with Gasteiger partial charge in [-0.05, 0) is 74.8 Å². The number of carbonyl (C=O) groups is 1. The van der Waals surface area contributed by atoms with Gasteiger partial charge in [0.15, 0.2) is 0 Å². The minimum atomic E-state index is -0.326. The van der Waals surface area contributed by atoms with Crippen LogP contribution in [0, 0.1) is 12.7 Å². The summed E-state index contributed by atoms with van der Waals surface area (Å²) in [6.07, 6.45) is 3.70. The maximum absolute atomic E-state index is 13.1. The van der Waals surface area contributed by atoms with E-state index in [1.54, 1.807) is 18.3 Å². The number of carbonyl (C=O) groups excluding carboxylic acids is 1.